The molecule has 192 valence electrons. The summed E-state index contributed by atoms with van der Waals surface area (Å²) in [6.45, 7) is 8.45. The Labute approximate surface area is 227 Å². The number of carbonyl (C=O) groups excluding carboxylic acids is 1. The van der Waals surface area contributed by atoms with Crippen LogP contribution in [-0.2, 0) is 0 Å². The van der Waals surface area contributed by atoms with Crippen molar-refractivity contribution in [2.75, 3.05) is 0 Å². The zero-order valence-corrected chi connectivity index (χ0v) is 23.8. The number of nitrogens with one attached hydrogen (secondary N) is 1. The summed E-state index contributed by atoms with van der Waals surface area (Å²) in [5.74, 6) is 1.48. The second-order valence-corrected chi connectivity index (χ2v) is 11.2. The van der Waals surface area contributed by atoms with E-state index in [2.05, 4.69) is 48.1 Å². The minimum atomic E-state index is -0.158. The molecule has 0 spiro atoms. The highest BCUT2D eigenvalue weighted by Crippen LogP contribution is 2.31. The van der Waals surface area contributed by atoms with Gasteiger partial charge in [-0.3, -0.25) is 4.79 Å². The minimum absolute atomic E-state index is 0.113. The van der Waals surface area contributed by atoms with Gasteiger partial charge in [0.25, 0.3) is 5.91 Å². The highest BCUT2D eigenvalue weighted by molar-refractivity contribution is 9.10. The fraction of sp³-hybridized carbons (Fsp3) is 0.448. The van der Waals surface area contributed by atoms with Gasteiger partial charge in [-0.05, 0) is 108 Å². The Bertz CT molecular complexity index is 1240. The Morgan fingerprint density at radius 2 is 1.97 bits per heavy atom. The predicted molar refractivity (Wildman–Crippen MR) is 151 cm³/mol. The standard InChI is InChI=1S/C29H35BrClN3O2/c1-5-18(2)22-11-13-26(24(31)16-22)34-27(19(3)15-23-12-14-28(30)36-23)17-25(33-34)29(35)32-20(4)21-9-7-6-8-10-21/h11-18,20-21H,5-10H2,1-4H3,(H,32,35)/b19-15+/t18?,20-/m1/s1. The number of halogens is 2. The summed E-state index contributed by atoms with van der Waals surface area (Å²) < 4.78 is 8.11. The van der Waals surface area contributed by atoms with Crippen molar-refractivity contribution in [3.63, 3.8) is 0 Å². The van der Waals surface area contributed by atoms with E-state index in [9.17, 15) is 4.79 Å². The van der Waals surface area contributed by atoms with E-state index in [1.807, 2.05) is 43.3 Å². The molecule has 4 rings (SSSR count). The summed E-state index contributed by atoms with van der Waals surface area (Å²) >= 11 is 10.1. The van der Waals surface area contributed by atoms with E-state index in [4.69, 9.17) is 21.1 Å². The van der Waals surface area contributed by atoms with Gasteiger partial charge in [0, 0.05) is 6.04 Å². The lowest BCUT2D eigenvalue weighted by atomic mass is 9.84. The summed E-state index contributed by atoms with van der Waals surface area (Å²) in [5.41, 5.74) is 4.00. The third-order valence-corrected chi connectivity index (χ3v) is 8.12. The normalized spacial score (nSPS) is 16.7. The lowest BCUT2D eigenvalue weighted by molar-refractivity contribution is 0.0913. The van der Waals surface area contributed by atoms with Gasteiger partial charge >= 0.3 is 0 Å². The summed E-state index contributed by atoms with van der Waals surface area (Å²) in [6, 6.07) is 11.8. The number of carbonyl (C=O) groups is 1. The van der Waals surface area contributed by atoms with Crippen LogP contribution in [0, 0.1) is 5.92 Å². The van der Waals surface area contributed by atoms with E-state index in [1.54, 1.807) is 4.68 Å². The molecule has 1 fully saturated rings. The van der Waals surface area contributed by atoms with E-state index < -0.39 is 0 Å². The molecule has 0 saturated heterocycles. The molecule has 1 aromatic carbocycles. The molecule has 7 heteroatoms. The molecule has 2 atom stereocenters. The number of benzene rings is 1. The van der Waals surface area contributed by atoms with Crippen molar-refractivity contribution in [1.82, 2.24) is 15.1 Å². The molecular formula is C29H35BrClN3O2. The molecule has 1 aliphatic carbocycles. The van der Waals surface area contributed by atoms with Crippen molar-refractivity contribution in [2.45, 2.75) is 78.2 Å². The number of amides is 1. The zero-order valence-electron chi connectivity index (χ0n) is 21.5. The molecule has 36 heavy (non-hydrogen) atoms. The molecule has 1 saturated carbocycles. The van der Waals surface area contributed by atoms with Crippen LogP contribution in [0.3, 0.4) is 0 Å². The fourth-order valence-electron chi connectivity index (χ4n) is 4.92. The average molecular weight is 573 g/mol. The van der Waals surface area contributed by atoms with E-state index in [-0.39, 0.29) is 11.9 Å². The second kappa shape index (κ2) is 11.8. The number of nitrogens with zero attached hydrogens (tertiary/aromatic N) is 2. The van der Waals surface area contributed by atoms with Gasteiger partial charge in [-0.15, -0.1) is 0 Å². The van der Waals surface area contributed by atoms with Gasteiger partial charge in [-0.25, -0.2) is 4.68 Å². The van der Waals surface area contributed by atoms with Gasteiger partial charge in [-0.2, -0.15) is 5.10 Å². The van der Waals surface area contributed by atoms with Crippen molar-refractivity contribution >= 4 is 45.1 Å². The summed E-state index contributed by atoms with van der Waals surface area (Å²) in [4.78, 5) is 13.3. The SMILES string of the molecule is CCC(C)c1ccc(-n2nc(C(=O)N[C@H](C)C3CCCCC3)cc2/C(C)=C/c2ccc(Br)o2)c(Cl)c1. The summed E-state index contributed by atoms with van der Waals surface area (Å²) in [6.07, 6.45) is 9.07. The molecule has 2 heterocycles. The van der Waals surface area contributed by atoms with Crippen LogP contribution >= 0.6 is 27.5 Å². The first-order valence-corrected chi connectivity index (χ1v) is 14.1. The first-order valence-electron chi connectivity index (χ1n) is 12.9. The fourth-order valence-corrected chi connectivity index (χ4v) is 5.51. The van der Waals surface area contributed by atoms with Gasteiger partial charge in [0.2, 0.25) is 0 Å². The molecule has 3 aromatic rings. The maximum absolute atomic E-state index is 13.3. The number of hydrogen-bond acceptors (Lipinski definition) is 3. The molecule has 2 aromatic heterocycles. The highest BCUT2D eigenvalue weighted by Gasteiger charge is 2.24. The molecule has 1 aliphatic rings. The van der Waals surface area contributed by atoms with Crippen molar-refractivity contribution in [1.29, 1.82) is 0 Å². The van der Waals surface area contributed by atoms with Crippen LogP contribution in [0.2, 0.25) is 5.02 Å². The van der Waals surface area contributed by atoms with Gasteiger partial charge in [-0.1, -0.05) is 50.8 Å². The first-order chi connectivity index (χ1) is 17.3. The van der Waals surface area contributed by atoms with Crippen LogP contribution in [-0.4, -0.2) is 21.7 Å². The number of rotatable bonds is 8. The van der Waals surface area contributed by atoms with Crippen molar-refractivity contribution in [2.24, 2.45) is 5.92 Å². The van der Waals surface area contributed by atoms with Crippen LogP contribution in [0.5, 0.6) is 0 Å². The molecule has 5 nitrogen and oxygen atoms in total. The Hall–Kier alpha value is -2.31. The Balaban J connectivity index is 1.70. The zero-order chi connectivity index (χ0) is 25.8. The van der Waals surface area contributed by atoms with Gasteiger partial charge in [0.1, 0.15) is 5.76 Å². The van der Waals surface area contributed by atoms with Gasteiger partial charge in [0.05, 0.1) is 16.4 Å². The van der Waals surface area contributed by atoms with Crippen LogP contribution in [0.25, 0.3) is 17.3 Å². The van der Waals surface area contributed by atoms with E-state index in [0.29, 0.717) is 33.0 Å². The molecular weight excluding hydrogens is 538 g/mol. The molecule has 0 bridgehead atoms. The topological polar surface area (TPSA) is 60.1 Å². The third kappa shape index (κ3) is 6.15. The molecule has 0 radical (unpaired) electrons. The van der Waals surface area contributed by atoms with E-state index >= 15 is 0 Å². The van der Waals surface area contributed by atoms with Crippen molar-refractivity contribution in [3.8, 4) is 5.69 Å². The molecule has 0 aliphatic heterocycles. The maximum Gasteiger partial charge on any atom is 0.272 e. The number of furan rings is 1. The monoisotopic (exact) mass is 571 g/mol. The Morgan fingerprint density at radius 1 is 1.22 bits per heavy atom. The Kier molecular flexibility index (Phi) is 8.78. The van der Waals surface area contributed by atoms with Crippen molar-refractivity contribution < 1.29 is 9.21 Å². The summed E-state index contributed by atoms with van der Waals surface area (Å²) in [5, 5.41) is 8.55. The van der Waals surface area contributed by atoms with Crippen LogP contribution in [0.4, 0.5) is 0 Å². The summed E-state index contributed by atoms with van der Waals surface area (Å²) in [7, 11) is 0. The van der Waals surface area contributed by atoms with Crippen molar-refractivity contribution in [3.05, 3.63) is 68.8 Å². The quantitative estimate of drug-likeness (QED) is 0.294. The first kappa shape index (κ1) is 26.7. The Morgan fingerprint density at radius 3 is 2.61 bits per heavy atom. The number of hydrogen-bond donors (Lipinski definition) is 1. The predicted octanol–water partition coefficient (Wildman–Crippen LogP) is 8.65. The smallest absolute Gasteiger partial charge is 0.272 e. The lowest BCUT2D eigenvalue weighted by Crippen LogP contribution is -2.39. The third-order valence-electron chi connectivity index (χ3n) is 7.40. The minimum Gasteiger partial charge on any atom is -0.450 e. The molecule has 1 N–H and O–H groups in total. The van der Waals surface area contributed by atoms with Gasteiger partial charge < -0.3 is 9.73 Å². The molecule has 1 unspecified atom stereocenters. The maximum atomic E-state index is 13.3. The van der Waals surface area contributed by atoms with Gasteiger partial charge in [0.15, 0.2) is 10.4 Å². The van der Waals surface area contributed by atoms with E-state index in [0.717, 1.165) is 23.4 Å². The average Bonchev–Trinajstić information content (AvgIpc) is 3.50. The van der Waals surface area contributed by atoms with Crippen LogP contribution in [0.1, 0.15) is 99.6 Å². The molecule has 1 amide bonds. The number of allylic oxidation sites excluding steroid dienone is 1. The largest absolute Gasteiger partial charge is 0.450 e. The van der Waals surface area contributed by atoms with Crippen LogP contribution in [0.15, 0.2) is 45.5 Å². The lowest BCUT2D eigenvalue weighted by Gasteiger charge is -2.28. The highest BCUT2D eigenvalue weighted by atomic mass is 79.9. The van der Waals surface area contributed by atoms with E-state index in [1.165, 1.54) is 37.7 Å². The van der Waals surface area contributed by atoms with Crippen LogP contribution < -0.4 is 5.32 Å². The second-order valence-electron chi connectivity index (χ2n) is 9.98. The number of aromatic nitrogens is 2.